The molecule has 3 aromatic rings. The summed E-state index contributed by atoms with van der Waals surface area (Å²) in [5, 5.41) is 7.49. The van der Waals surface area contributed by atoms with Crippen molar-refractivity contribution in [3.63, 3.8) is 0 Å². The minimum absolute atomic E-state index is 0.0313. The first kappa shape index (κ1) is 20.9. The predicted molar refractivity (Wildman–Crippen MR) is 124 cm³/mol. The second kappa shape index (κ2) is 9.62. The zero-order chi connectivity index (χ0) is 21.6. The number of benzene rings is 2. The van der Waals surface area contributed by atoms with Gasteiger partial charge in [0.15, 0.2) is 0 Å². The standard InChI is InChI=1S/C25H28N4O2/c1-3-31-24-7-5-4-6-23(24)27-25(30)18-28-14-12-20(13-15-28)21-16-26-29(17-21)22-10-8-19(2)9-11-22/h4-12,16-17H,3,13-15,18H2,1-2H3,(H,27,30). The molecule has 4 rings (SSSR count). The number of amides is 1. The van der Waals surface area contributed by atoms with Crippen molar-refractivity contribution < 1.29 is 9.53 Å². The normalized spacial score (nSPS) is 14.2. The number of aryl methyl sites for hydroxylation is 1. The van der Waals surface area contributed by atoms with E-state index in [1.54, 1.807) is 0 Å². The Hall–Kier alpha value is -3.38. The number of para-hydroxylation sites is 2. The number of ether oxygens (including phenoxy) is 1. The van der Waals surface area contributed by atoms with Crippen LogP contribution in [-0.2, 0) is 4.79 Å². The van der Waals surface area contributed by atoms with E-state index >= 15 is 0 Å². The van der Waals surface area contributed by atoms with E-state index in [-0.39, 0.29) is 5.91 Å². The van der Waals surface area contributed by atoms with Gasteiger partial charge in [-0.3, -0.25) is 9.69 Å². The van der Waals surface area contributed by atoms with Crippen LogP contribution in [0.3, 0.4) is 0 Å². The van der Waals surface area contributed by atoms with Crippen LogP contribution in [0.4, 0.5) is 5.69 Å². The molecule has 0 bridgehead atoms. The van der Waals surface area contributed by atoms with Crippen LogP contribution >= 0.6 is 0 Å². The number of hydrogen-bond donors (Lipinski definition) is 1. The average Bonchev–Trinajstić information content (AvgIpc) is 3.26. The van der Waals surface area contributed by atoms with Gasteiger partial charge in [-0.2, -0.15) is 5.10 Å². The van der Waals surface area contributed by atoms with Gasteiger partial charge in [0.1, 0.15) is 5.75 Å². The molecule has 0 spiro atoms. The maximum Gasteiger partial charge on any atom is 0.238 e. The minimum atomic E-state index is -0.0313. The molecule has 1 aliphatic heterocycles. The van der Waals surface area contributed by atoms with Crippen LogP contribution in [-0.4, -0.2) is 46.8 Å². The Morgan fingerprint density at radius 1 is 1.16 bits per heavy atom. The van der Waals surface area contributed by atoms with Gasteiger partial charge >= 0.3 is 0 Å². The molecule has 0 saturated heterocycles. The molecule has 2 aromatic carbocycles. The second-order valence-corrected chi connectivity index (χ2v) is 7.70. The fraction of sp³-hybridized carbons (Fsp3) is 0.280. The first-order valence-electron chi connectivity index (χ1n) is 10.7. The zero-order valence-corrected chi connectivity index (χ0v) is 18.0. The van der Waals surface area contributed by atoms with E-state index < -0.39 is 0 Å². The molecule has 160 valence electrons. The monoisotopic (exact) mass is 416 g/mol. The smallest absolute Gasteiger partial charge is 0.238 e. The molecular formula is C25H28N4O2. The van der Waals surface area contributed by atoms with Gasteiger partial charge in [-0.1, -0.05) is 35.9 Å². The maximum atomic E-state index is 12.5. The number of nitrogens with zero attached hydrogens (tertiary/aromatic N) is 3. The van der Waals surface area contributed by atoms with Gasteiger partial charge in [-0.05, 0) is 50.1 Å². The van der Waals surface area contributed by atoms with Crippen LogP contribution < -0.4 is 10.1 Å². The largest absolute Gasteiger partial charge is 0.492 e. The van der Waals surface area contributed by atoms with E-state index in [9.17, 15) is 4.79 Å². The van der Waals surface area contributed by atoms with Gasteiger partial charge in [-0.25, -0.2) is 4.68 Å². The van der Waals surface area contributed by atoms with Gasteiger partial charge in [0.2, 0.25) is 5.91 Å². The third-order valence-electron chi connectivity index (χ3n) is 5.37. The van der Waals surface area contributed by atoms with Crippen molar-refractivity contribution in [2.45, 2.75) is 20.3 Å². The zero-order valence-electron chi connectivity index (χ0n) is 18.0. The second-order valence-electron chi connectivity index (χ2n) is 7.70. The summed E-state index contributed by atoms with van der Waals surface area (Å²) in [5.41, 5.74) is 5.41. The number of hydrogen-bond acceptors (Lipinski definition) is 4. The molecule has 1 amide bonds. The van der Waals surface area contributed by atoms with E-state index in [0.29, 0.717) is 24.6 Å². The lowest BCUT2D eigenvalue weighted by atomic mass is 10.0. The van der Waals surface area contributed by atoms with Crippen molar-refractivity contribution in [1.29, 1.82) is 0 Å². The lowest BCUT2D eigenvalue weighted by molar-refractivity contribution is -0.117. The molecular weight excluding hydrogens is 388 g/mol. The third-order valence-corrected chi connectivity index (χ3v) is 5.37. The highest BCUT2D eigenvalue weighted by Gasteiger charge is 2.17. The van der Waals surface area contributed by atoms with Gasteiger partial charge < -0.3 is 10.1 Å². The third kappa shape index (κ3) is 5.22. The highest BCUT2D eigenvalue weighted by atomic mass is 16.5. The highest BCUT2D eigenvalue weighted by molar-refractivity contribution is 5.93. The summed E-state index contributed by atoms with van der Waals surface area (Å²) in [5.74, 6) is 0.668. The van der Waals surface area contributed by atoms with E-state index in [4.69, 9.17) is 4.74 Å². The van der Waals surface area contributed by atoms with Gasteiger partial charge in [-0.15, -0.1) is 0 Å². The lowest BCUT2D eigenvalue weighted by Gasteiger charge is -2.25. The molecule has 1 aliphatic rings. The van der Waals surface area contributed by atoms with Gasteiger partial charge in [0, 0.05) is 24.8 Å². The molecule has 0 fully saturated rings. The topological polar surface area (TPSA) is 59.4 Å². The average molecular weight is 417 g/mol. The Labute approximate surface area is 183 Å². The van der Waals surface area contributed by atoms with Crippen molar-refractivity contribution in [1.82, 2.24) is 14.7 Å². The summed E-state index contributed by atoms with van der Waals surface area (Å²) in [6, 6.07) is 15.9. The van der Waals surface area contributed by atoms with Gasteiger partial charge in [0.05, 0.1) is 30.7 Å². The number of nitrogens with one attached hydrogen (secondary N) is 1. The Balaban J connectivity index is 1.34. The van der Waals surface area contributed by atoms with E-state index in [1.807, 2.05) is 42.1 Å². The predicted octanol–water partition coefficient (Wildman–Crippen LogP) is 4.31. The Morgan fingerprint density at radius 2 is 1.97 bits per heavy atom. The molecule has 6 heteroatoms. The Kier molecular flexibility index (Phi) is 6.48. The molecule has 0 atom stereocenters. The van der Waals surface area contributed by atoms with Crippen LogP contribution in [0.1, 0.15) is 24.5 Å². The molecule has 0 aliphatic carbocycles. The van der Waals surface area contributed by atoms with Gasteiger partial charge in [0.25, 0.3) is 0 Å². The Morgan fingerprint density at radius 3 is 2.71 bits per heavy atom. The number of carbonyl (C=O) groups excluding carboxylic acids is 1. The van der Waals surface area contributed by atoms with Crippen LogP contribution in [0.25, 0.3) is 11.3 Å². The van der Waals surface area contributed by atoms with E-state index in [0.717, 1.165) is 30.8 Å². The fourth-order valence-corrected chi connectivity index (χ4v) is 3.69. The summed E-state index contributed by atoms with van der Waals surface area (Å²) in [6.45, 7) is 6.50. The minimum Gasteiger partial charge on any atom is -0.492 e. The number of aromatic nitrogens is 2. The van der Waals surface area contributed by atoms with Crippen LogP contribution in [0.2, 0.25) is 0 Å². The first-order valence-corrected chi connectivity index (χ1v) is 10.7. The molecule has 0 saturated carbocycles. The van der Waals surface area contributed by atoms with Crippen molar-refractivity contribution in [2.75, 3.05) is 31.6 Å². The number of carbonyl (C=O) groups is 1. The molecule has 2 heterocycles. The van der Waals surface area contributed by atoms with Crippen LogP contribution in [0.5, 0.6) is 5.75 Å². The highest BCUT2D eigenvalue weighted by Crippen LogP contribution is 2.25. The SMILES string of the molecule is CCOc1ccccc1NC(=O)CN1CC=C(c2cnn(-c3ccc(C)cc3)c2)CC1. The fourth-order valence-electron chi connectivity index (χ4n) is 3.69. The van der Waals surface area contributed by atoms with Crippen LogP contribution in [0, 0.1) is 6.92 Å². The molecule has 0 radical (unpaired) electrons. The number of anilines is 1. The van der Waals surface area contributed by atoms with E-state index in [1.165, 1.54) is 11.1 Å². The Bertz CT molecular complexity index is 1070. The summed E-state index contributed by atoms with van der Waals surface area (Å²) in [7, 11) is 0. The quantitative estimate of drug-likeness (QED) is 0.624. The maximum absolute atomic E-state index is 12.5. The molecule has 0 unspecified atom stereocenters. The molecule has 1 N–H and O–H groups in total. The molecule has 31 heavy (non-hydrogen) atoms. The van der Waals surface area contributed by atoms with Crippen molar-refractivity contribution in [3.8, 4) is 11.4 Å². The summed E-state index contributed by atoms with van der Waals surface area (Å²) in [6.07, 6.45) is 7.08. The summed E-state index contributed by atoms with van der Waals surface area (Å²) >= 11 is 0. The number of rotatable bonds is 7. The van der Waals surface area contributed by atoms with Crippen molar-refractivity contribution in [2.24, 2.45) is 0 Å². The van der Waals surface area contributed by atoms with Crippen LogP contribution in [0.15, 0.2) is 67.0 Å². The first-order chi connectivity index (χ1) is 15.1. The van der Waals surface area contributed by atoms with Crippen molar-refractivity contribution >= 4 is 17.2 Å². The molecule has 6 nitrogen and oxygen atoms in total. The summed E-state index contributed by atoms with van der Waals surface area (Å²) < 4.78 is 7.49. The molecule has 1 aromatic heterocycles. The lowest BCUT2D eigenvalue weighted by Crippen LogP contribution is -2.36. The van der Waals surface area contributed by atoms with E-state index in [2.05, 4.69) is 58.8 Å². The summed E-state index contributed by atoms with van der Waals surface area (Å²) in [4.78, 5) is 14.7. The van der Waals surface area contributed by atoms with Crippen molar-refractivity contribution in [3.05, 3.63) is 78.1 Å².